The van der Waals surface area contributed by atoms with Crippen molar-refractivity contribution < 1.29 is 22.7 Å². The summed E-state index contributed by atoms with van der Waals surface area (Å²) in [5.41, 5.74) is 1.57. The third-order valence-corrected chi connectivity index (χ3v) is 6.83. The Morgan fingerprint density at radius 3 is 2.37 bits per heavy atom. The van der Waals surface area contributed by atoms with Crippen molar-refractivity contribution in [2.75, 3.05) is 31.6 Å². The molecule has 0 radical (unpaired) electrons. The minimum atomic E-state index is -3.69. The van der Waals surface area contributed by atoms with Crippen LogP contribution in [0.15, 0.2) is 47.4 Å². The molecule has 1 heterocycles. The SMILES string of the molecule is CCOc1ccc(NC(=O)COc2ccc(CC)cc2)cc1S(=O)(=O)N1CCCC1. The molecular formula is C22H28N2O5S. The van der Waals surface area contributed by atoms with E-state index in [1.165, 1.54) is 15.9 Å². The summed E-state index contributed by atoms with van der Waals surface area (Å²) < 4.78 is 38.6. The normalized spacial score (nSPS) is 14.5. The van der Waals surface area contributed by atoms with Crippen molar-refractivity contribution in [1.82, 2.24) is 4.31 Å². The van der Waals surface area contributed by atoms with Gasteiger partial charge in [-0.2, -0.15) is 4.31 Å². The average molecular weight is 433 g/mol. The summed E-state index contributed by atoms with van der Waals surface area (Å²) >= 11 is 0. The van der Waals surface area contributed by atoms with Crippen LogP contribution in [-0.4, -0.2) is 44.9 Å². The van der Waals surface area contributed by atoms with Gasteiger partial charge in [0, 0.05) is 18.8 Å². The summed E-state index contributed by atoms with van der Waals surface area (Å²) in [6.45, 7) is 5.03. The third-order valence-electron chi connectivity index (χ3n) is 4.91. The van der Waals surface area contributed by atoms with Crippen LogP contribution in [0.3, 0.4) is 0 Å². The van der Waals surface area contributed by atoms with Gasteiger partial charge in [0.25, 0.3) is 5.91 Å². The summed E-state index contributed by atoms with van der Waals surface area (Å²) in [5, 5.41) is 2.70. The van der Waals surface area contributed by atoms with Crippen LogP contribution in [0.4, 0.5) is 5.69 Å². The third kappa shape index (κ3) is 5.31. The number of benzene rings is 2. The Morgan fingerprint density at radius 1 is 1.03 bits per heavy atom. The van der Waals surface area contributed by atoms with E-state index in [0.717, 1.165) is 19.3 Å². The van der Waals surface area contributed by atoms with Crippen LogP contribution in [0.25, 0.3) is 0 Å². The van der Waals surface area contributed by atoms with E-state index in [1.807, 2.05) is 24.3 Å². The van der Waals surface area contributed by atoms with Crippen LogP contribution < -0.4 is 14.8 Å². The predicted molar refractivity (Wildman–Crippen MR) is 116 cm³/mol. The number of nitrogens with zero attached hydrogens (tertiary/aromatic N) is 1. The molecule has 1 aliphatic rings. The first-order valence-electron chi connectivity index (χ1n) is 10.2. The van der Waals surface area contributed by atoms with Gasteiger partial charge in [-0.25, -0.2) is 8.42 Å². The fraction of sp³-hybridized carbons (Fsp3) is 0.409. The number of hydrogen-bond donors (Lipinski definition) is 1. The second kappa shape index (κ2) is 9.95. The van der Waals surface area contributed by atoms with E-state index >= 15 is 0 Å². The summed E-state index contributed by atoms with van der Waals surface area (Å²) in [6, 6.07) is 12.2. The van der Waals surface area contributed by atoms with Gasteiger partial charge in [-0.3, -0.25) is 4.79 Å². The van der Waals surface area contributed by atoms with Crippen LogP contribution >= 0.6 is 0 Å². The van der Waals surface area contributed by atoms with Crippen LogP contribution in [0.1, 0.15) is 32.3 Å². The molecule has 1 fully saturated rings. The van der Waals surface area contributed by atoms with Gasteiger partial charge < -0.3 is 14.8 Å². The fourth-order valence-electron chi connectivity index (χ4n) is 3.30. The van der Waals surface area contributed by atoms with Crippen molar-refractivity contribution in [2.24, 2.45) is 0 Å². The monoisotopic (exact) mass is 432 g/mol. The lowest BCUT2D eigenvalue weighted by Crippen LogP contribution is -2.28. The van der Waals surface area contributed by atoms with E-state index < -0.39 is 10.0 Å². The number of amides is 1. The van der Waals surface area contributed by atoms with Crippen LogP contribution in [0, 0.1) is 0 Å². The van der Waals surface area contributed by atoms with Gasteiger partial charge in [-0.05, 0) is 62.1 Å². The van der Waals surface area contributed by atoms with Crippen LogP contribution in [0.2, 0.25) is 0 Å². The standard InChI is InChI=1S/C22H28N2O5S/c1-3-17-7-10-19(11-8-17)29-16-22(25)23-18-9-12-20(28-4-2)21(15-18)30(26,27)24-13-5-6-14-24/h7-12,15H,3-6,13-14,16H2,1-2H3,(H,23,25). The second-order valence-electron chi connectivity index (χ2n) is 7.04. The van der Waals surface area contributed by atoms with Crippen LogP contribution in [-0.2, 0) is 21.2 Å². The van der Waals surface area contributed by atoms with Crippen molar-refractivity contribution in [3.8, 4) is 11.5 Å². The number of sulfonamides is 1. The summed E-state index contributed by atoms with van der Waals surface area (Å²) in [6.07, 6.45) is 2.62. The summed E-state index contributed by atoms with van der Waals surface area (Å²) in [7, 11) is -3.69. The molecule has 30 heavy (non-hydrogen) atoms. The average Bonchev–Trinajstić information content (AvgIpc) is 3.30. The minimum Gasteiger partial charge on any atom is -0.492 e. The van der Waals surface area contributed by atoms with Gasteiger partial charge in [-0.15, -0.1) is 0 Å². The van der Waals surface area contributed by atoms with Crippen molar-refractivity contribution in [3.63, 3.8) is 0 Å². The molecule has 0 unspecified atom stereocenters. The highest BCUT2D eigenvalue weighted by molar-refractivity contribution is 7.89. The molecule has 1 amide bonds. The molecule has 1 saturated heterocycles. The zero-order chi connectivity index (χ0) is 21.6. The van der Waals surface area contributed by atoms with Gasteiger partial charge in [0.05, 0.1) is 6.61 Å². The van der Waals surface area contributed by atoms with Crippen molar-refractivity contribution >= 4 is 21.6 Å². The molecule has 0 saturated carbocycles. The molecule has 1 aliphatic heterocycles. The van der Waals surface area contributed by atoms with Gasteiger partial charge in [0.15, 0.2) is 6.61 Å². The topological polar surface area (TPSA) is 84.9 Å². The molecule has 7 nitrogen and oxygen atoms in total. The summed E-state index contributed by atoms with van der Waals surface area (Å²) in [4.78, 5) is 12.4. The second-order valence-corrected chi connectivity index (χ2v) is 8.95. The molecule has 0 atom stereocenters. The van der Waals surface area contributed by atoms with E-state index in [2.05, 4.69) is 12.2 Å². The molecule has 0 bridgehead atoms. The smallest absolute Gasteiger partial charge is 0.262 e. The van der Waals surface area contributed by atoms with Gasteiger partial charge in [0.1, 0.15) is 16.4 Å². The van der Waals surface area contributed by atoms with Gasteiger partial charge in [-0.1, -0.05) is 19.1 Å². The lowest BCUT2D eigenvalue weighted by molar-refractivity contribution is -0.118. The highest BCUT2D eigenvalue weighted by Gasteiger charge is 2.30. The molecule has 2 aromatic rings. The maximum Gasteiger partial charge on any atom is 0.262 e. The first-order chi connectivity index (χ1) is 14.4. The highest BCUT2D eigenvalue weighted by Crippen LogP contribution is 2.31. The number of rotatable bonds is 9. The Morgan fingerprint density at radius 2 is 1.73 bits per heavy atom. The van der Waals surface area contributed by atoms with E-state index in [4.69, 9.17) is 9.47 Å². The lowest BCUT2D eigenvalue weighted by atomic mass is 10.2. The number of ether oxygens (including phenoxy) is 2. The highest BCUT2D eigenvalue weighted by atomic mass is 32.2. The number of carbonyl (C=O) groups excluding carboxylic acids is 1. The quantitative estimate of drug-likeness (QED) is 0.656. The molecule has 8 heteroatoms. The van der Waals surface area contributed by atoms with E-state index in [1.54, 1.807) is 19.1 Å². The Balaban J connectivity index is 1.71. The number of aryl methyl sites for hydroxylation is 1. The first kappa shape index (κ1) is 22.1. The molecule has 1 N–H and O–H groups in total. The Hall–Kier alpha value is -2.58. The Bertz CT molecular complexity index is 968. The van der Waals surface area contributed by atoms with Crippen molar-refractivity contribution in [1.29, 1.82) is 0 Å². The fourth-order valence-corrected chi connectivity index (χ4v) is 4.97. The van der Waals surface area contributed by atoms with E-state index in [9.17, 15) is 13.2 Å². The molecule has 3 rings (SSSR count). The predicted octanol–water partition coefficient (Wildman–Crippen LogP) is 3.45. The van der Waals surface area contributed by atoms with Crippen LogP contribution in [0.5, 0.6) is 11.5 Å². The molecule has 162 valence electrons. The van der Waals surface area contributed by atoms with E-state index in [-0.39, 0.29) is 23.2 Å². The van der Waals surface area contributed by atoms with Crippen molar-refractivity contribution in [3.05, 3.63) is 48.0 Å². The number of carbonyl (C=O) groups is 1. The van der Waals surface area contributed by atoms with Gasteiger partial charge >= 0.3 is 0 Å². The minimum absolute atomic E-state index is 0.0696. The Labute approximate surface area is 178 Å². The zero-order valence-electron chi connectivity index (χ0n) is 17.4. The molecule has 0 spiro atoms. The maximum absolute atomic E-state index is 13.0. The largest absolute Gasteiger partial charge is 0.492 e. The van der Waals surface area contributed by atoms with E-state index in [0.29, 0.717) is 31.1 Å². The molecule has 0 aliphatic carbocycles. The molecular weight excluding hydrogens is 404 g/mol. The molecule has 2 aromatic carbocycles. The maximum atomic E-state index is 13.0. The van der Waals surface area contributed by atoms with Gasteiger partial charge in [0.2, 0.25) is 10.0 Å². The number of nitrogens with one attached hydrogen (secondary N) is 1. The summed E-state index contributed by atoms with van der Waals surface area (Å²) in [5.74, 6) is 0.518. The molecule has 0 aromatic heterocycles. The first-order valence-corrected chi connectivity index (χ1v) is 11.7. The lowest BCUT2D eigenvalue weighted by Gasteiger charge is -2.19. The number of anilines is 1. The van der Waals surface area contributed by atoms with Crippen molar-refractivity contribution in [2.45, 2.75) is 38.0 Å². The number of hydrogen-bond acceptors (Lipinski definition) is 5. The zero-order valence-corrected chi connectivity index (χ0v) is 18.2. The Kier molecular flexibility index (Phi) is 7.33.